The molecule has 8 heteroatoms. The molecule has 6 nitrogen and oxygen atoms in total. The van der Waals surface area contributed by atoms with Crippen LogP contribution in [0.3, 0.4) is 0 Å². The van der Waals surface area contributed by atoms with Gasteiger partial charge >= 0.3 is 5.97 Å². The average Bonchev–Trinajstić information content (AvgIpc) is 2.30. The molecular formula is C12H14ClNO5S. The van der Waals surface area contributed by atoms with E-state index in [1.165, 1.54) is 13.0 Å². The summed E-state index contributed by atoms with van der Waals surface area (Å²) in [6.07, 6.45) is 0.584. The zero-order valence-corrected chi connectivity index (χ0v) is 12.3. The van der Waals surface area contributed by atoms with Crippen molar-refractivity contribution in [3.05, 3.63) is 28.3 Å². The lowest BCUT2D eigenvalue weighted by molar-refractivity contribution is 0.0695. The molecule has 0 radical (unpaired) electrons. The Balaban J connectivity index is 2.50. The van der Waals surface area contributed by atoms with Crippen LogP contribution in [0.15, 0.2) is 17.0 Å². The number of carboxylic acids is 1. The van der Waals surface area contributed by atoms with Crippen LogP contribution in [0.2, 0.25) is 5.02 Å². The molecule has 1 aliphatic rings. The first-order chi connectivity index (χ1) is 9.28. The fourth-order valence-corrected chi connectivity index (χ4v) is 4.08. The maximum absolute atomic E-state index is 12.4. The van der Waals surface area contributed by atoms with Gasteiger partial charge in [0.05, 0.1) is 17.1 Å². The first-order valence-electron chi connectivity index (χ1n) is 5.95. The highest BCUT2D eigenvalue weighted by Crippen LogP contribution is 2.30. The smallest absolute Gasteiger partial charge is 0.336 e. The quantitative estimate of drug-likeness (QED) is 0.866. The van der Waals surface area contributed by atoms with Crippen LogP contribution in [0.25, 0.3) is 0 Å². The number of halogens is 1. The van der Waals surface area contributed by atoms with E-state index < -0.39 is 22.0 Å². The summed E-state index contributed by atoms with van der Waals surface area (Å²) in [6, 6.07) is 1.89. The third-order valence-electron chi connectivity index (χ3n) is 3.46. The average molecular weight is 320 g/mol. The van der Waals surface area contributed by atoms with Crippen LogP contribution in [0.1, 0.15) is 22.3 Å². The Kier molecular flexibility index (Phi) is 4.06. The van der Waals surface area contributed by atoms with Gasteiger partial charge in [-0.2, -0.15) is 4.31 Å². The number of rotatable bonds is 4. The second-order valence-corrected chi connectivity index (χ2v) is 6.92. The minimum absolute atomic E-state index is 0.0875. The highest BCUT2D eigenvalue weighted by molar-refractivity contribution is 7.89. The van der Waals surface area contributed by atoms with Gasteiger partial charge in [-0.05, 0) is 31.0 Å². The Hall–Kier alpha value is -1.15. The summed E-state index contributed by atoms with van der Waals surface area (Å²) in [6.45, 7) is 1.56. The van der Waals surface area contributed by atoms with E-state index in [1.54, 1.807) is 0 Å². The van der Waals surface area contributed by atoms with Gasteiger partial charge in [-0.15, -0.1) is 0 Å². The second kappa shape index (κ2) is 5.33. The normalized spacial score (nSPS) is 19.6. The van der Waals surface area contributed by atoms with Crippen molar-refractivity contribution in [2.24, 2.45) is 0 Å². The molecule has 0 aliphatic carbocycles. The first-order valence-corrected chi connectivity index (χ1v) is 7.77. The molecule has 1 aliphatic heterocycles. The lowest BCUT2D eigenvalue weighted by Gasteiger charge is -2.38. The van der Waals surface area contributed by atoms with Crippen molar-refractivity contribution < 1.29 is 23.4 Å². The van der Waals surface area contributed by atoms with E-state index >= 15 is 0 Å². The molecule has 1 heterocycles. The van der Waals surface area contributed by atoms with Crippen LogP contribution in [0.4, 0.5) is 0 Å². The molecule has 0 aromatic heterocycles. The van der Waals surface area contributed by atoms with Gasteiger partial charge in [-0.3, -0.25) is 0 Å². The number of aliphatic hydroxyl groups is 1. The van der Waals surface area contributed by atoms with E-state index in [9.17, 15) is 13.2 Å². The van der Waals surface area contributed by atoms with Gasteiger partial charge in [-0.25, -0.2) is 13.2 Å². The number of hydrogen-bond acceptors (Lipinski definition) is 4. The van der Waals surface area contributed by atoms with Crippen LogP contribution in [0.5, 0.6) is 0 Å². The molecular weight excluding hydrogens is 306 g/mol. The van der Waals surface area contributed by atoms with Gasteiger partial charge in [0.1, 0.15) is 0 Å². The third kappa shape index (κ3) is 2.42. The van der Waals surface area contributed by atoms with E-state index in [0.717, 1.165) is 10.4 Å². The summed E-state index contributed by atoms with van der Waals surface area (Å²) in [5, 5.41) is 18.3. The molecule has 0 amide bonds. The monoisotopic (exact) mass is 319 g/mol. The van der Waals surface area contributed by atoms with Crippen LogP contribution in [-0.2, 0) is 10.0 Å². The van der Waals surface area contributed by atoms with Gasteiger partial charge in [0.2, 0.25) is 10.0 Å². The lowest BCUT2D eigenvalue weighted by atomic mass is 10.1. The summed E-state index contributed by atoms with van der Waals surface area (Å²) >= 11 is 5.91. The zero-order chi connectivity index (χ0) is 15.1. The predicted molar refractivity (Wildman–Crippen MR) is 72.5 cm³/mol. The van der Waals surface area contributed by atoms with E-state index in [0.29, 0.717) is 18.5 Å². The highest BCUT2D eigenvalue weighted by Gasteiger charge is 2.38. The highest BCUT2D eigenvalue weighted by atomic mass is 35.5. The lowest BCUT2D eigenvalue weighted by Crippen LogP contribution is -2.52. The number of carbonyl (C=O) groups is 1. The maximum Gasteiger partial charge on any atom is 0.336 e. The van der Waals surface area contributed by atoms with Crippen molar-refractivity contribution in [3.63, 3.8) is 0 Å². The molecule has 0 spiro atoms. The Morgan fingerprint density at radius 1 is 1.50 bits per heavy atom. The summed E-state index contributed by atoms with van der Waals surface area (Å²) < 4.78 is 25.9. The molecule has 0 saturated carbocycles. The number of aromatic carboxylic acids is 1. The van der Waals surface area contributed by atoms with Crippen LogP contribution in [-0.4, -0.2) is 48.1 Å². The largest absolute Gasteiger partial charge is 0.478 e. The van der Waals surface area contributed by atoms with Gasteiger partial charge in [0, 0.05) is 17.6 Å². The van der Waals surface area contributed by atoms with E-state index in [2.05, 4.69) is 0 Å². The molecule has 2 rings (SSSR count). The molecule has 20 heavy (non-hydrogen) atoms. The van der Waals surface area contributed by atoms with Gasteiger partial charge in [-0.1, -0.05) is 11.6 Å². The topological polar surface area (TPSA) is 94.9 Å². The molecule has 1 unspecified atom stereocenters. The molecule has 1 fully saturated rings. The number of aliphatic hydroxyl groups excluding tert-OH is 1. The SMILES string of the molecule is Cc1c(Cl)cc(S(=O)(=O)N2CCC2CO)cc1C(=O)O. The van der Waals surface area contributed by atoms with Crippen molar-refractivity contribution >= 4 is 27.6 Å². The Bertz CT molecular complexity index is 656. The van der Waals surface area contributed by atoms with Crippen molar-refractivity contribution in [2.45, 2.75) is 24.3 Å². The van der Waals surface area contributed by atoms with E-state index in [-0.39, 0.29) is 22.1 Å². The van der Waals surface area contributed by atoms with Crippen LogP contribution in [0, 0.1) is 6.92 Å². The molecule has 1 aromatic rings. The minimum atomic E-state index is -3.83. The first kappa shape index (κ1) is 15.2. The van der Waals surface area contributed by atoms with Gasteiger partial charge in [0.15, 0.2) is 0 Å². The third-order valence-corrected chi connectivity index (χ3v) is 5.78. The van der Waals surface area contributed by atoms with Crippen molar-refractivity contribution in [1.82, 2.24) is 4.31 Å². The summed E-state index contributed by atoms with van der Waals surface area (Å²) in [4.78, 5) is 11.0. The number of nitrogens with zero attached hydrogens (tertiary/aromatic N) is 1. The number of carboxylic acid groups (broad SMARTS) is 1. The van der Waals surface area contributed by atoms with E-state index in [1.807, 2.05) is 0 Å². The van der Waals surface area contributed by atoms with Gasteiger partial charge < -0.3 is 10.2 Å². The van der Waals surface area contributed by atoms with Crippen molar-refractivity contribution in [3.8, 4) is 0 Å². The Morgan fingerprint density at radius 3 is 2.60 bits per heavy atom. The molecule has 1 aromatic carbocycles. The van der Waals surface area contributed by atoms with Crippen LogP contribution >= 0.6 is 11.6 Å². The Labute approximate surface area is 121 Å². The molecule has 1 saturated heterocycles. The number of sulfonamides is 1. The fraction of sp³-hybridized carbons (Fsp3) is 0.417. The number of hydrogen-bond donors (Lipinski definition) is 2. The molecule has 2 N–H and O–H groups in total. The summed E-state index contributed by atoms with van der Waals surface area (Å²) in [5.41, 5.74) is 0.178. The second-order valence-electron chi connectivity index (χ2n) is 4.62. The minimum Gasteiger partial charge on any atom is -0.478 e. The maximum atomic E-state index is 12.4. The standard InChI is InChI=1S/C12H14ClNO5S/c1-7-10(12(16)17)4-9(5-11(7)13)20(18,19)14-3-2-8(14)6-15/h4-5,8,15H,2-3,6H2,1H3,(H,16,17). The fourth-order valence-electron chi connectivity index (χ4n) is 2.08. The molecule has 0 bridgehead atoms. The van der Waals surface area contributed by atoms with Gasteiger partial charge in [0.25, 0.3) is 0 Å². The number of benzene rings is 1. The zero-order valence-electron chi connectivity index (χ0n) is 10.7. The van der Waals surface area contributed by atoms with E-state index in [4.69, 9.17) is 21.8 Å². The summed E-state index contributed by atoms with van der Waals surface area (Å²) in [5.74, 6) is -1.23. The molecule has 1 atom stereocenters. The van der Waals surface area contributed by atoms with Crippen LogP contribution < -0.4 is 0 Å². The molecule has 110 valence electrons. The Morgan fingerprint density at radius 2 is 2.15 bits per heavy atom. The predicted octanol–water partition coefficient (Wildman–Crippen LogP) is 1.10. The van der Waals surface area contributed by atoms with Crippen molar-refractivity contribution in [1.29, 1.82) is 0 Å². The summed E-state index contributed by atoms with van der Waals surface area (Å²) in [7, 11) is -3.83. The van der Waals surface area contributed by atoms with Crippen molar-refractivity contribution in [2.75, 3.05) is 13.2 Å².